The molecule has 0 bridgehead atoms. The molecule has 5 nitrogen and oxygen atoms in total. The number of benzene rings is 3. The summed E-state index contributed by atoms with van der Waals surface area (Å²) in [6, 6.07) is 23.2. The van der Waals surface area contributed by atoms with Crippen LogP contribution in [0.25, 0.3) is 28.3 Å². The van der Waals surface area contributed by atoms with Crippen LogP contribution < -0.4 is 20.5 Å². The molecule has 0 saturated heterocycles. The van der Waals surface area contributed by atoms with Gasteiger partial charge < -0.3 is 14.7 Å². The van der Waals surface area contributed by atoms with E-state index in [0.29, 0.717) is 0 Å². The molecule has 0 amide bonds. The maximum absolute atomic E-state index is 12.0. The predicted molar refractivity (Wildman–Crippen MR) is 155 cm³/mol. The Morgan fingerprint density at radius 3 is 1.92 bits per heavy atom. The first-order valence-corrected chi connectivity index (χ1v) is 13.2. The summed E-state index contributed by atoms with van der Waals surface area (Å²) in [4.78, 5) is 25.5. The van der Waals surface area contributed by atoms with Crippen LogP contribution >= 0.6 is 0 Å². The Morgan fingerprint density at radius 2 is 1.37 bits per heavy atom. The summed E-state index contributed by atoms with van der Waals surface area (Å²) in [7, 11) is 1.94. The Bertz CT molecular complexity index is 1580. The number of rotatable bonds is 7. The lowest BCUT2D eigenvalue weighted by Gasteiger charge is -2.24. The van der Waals surface area contributed by atoms with Crippen molar-refractivity contribution in [2.75, 3.05) is 11.9 Å². The molecule has 1 aliphatic heterocycles. The molecular weight excluding hydrogens is 474 g/mol. The number of allylic oxidation sites excluding steroid dienone is 1. The molecule has 1 heterocycles. The van der Waals surface area contributed by atoms with Gasteiger partial charge in [0.25, 0.3) is 5.43 Å². The van der Waals surface area contributed by atoms with Gasteiger partial charge in [0.2, 0.25) is 5.43 Å². The van der Waals surface area contributed by atoms with Gasteiger partial charge in [0.05, 0.1) is 11.7 Å². The number of likely N-dealkylation sites (N-methyl/N-ethyl adjacent to an activating group) is 1. The van der Waals surface area contributed by atoms with Crippen LogP contribution in [0.2, 0.25) is 0 Å². The lowest BCUT2D eigenvalue weighted by molar-refractivity contribution is 0.193. The highest BCUT2D eigenvalue weighted by atomic mass is 16.5. The minimum Gasteiger partial charge on any atom is -0.504 e. The number of anilines is 1. The second-order valence-corrected chi connectivity index (χ2v) is 10.5. The first kappa shape index (κ1) is 25.5. The highest BCUT2D eigenvalue weighted by molar-refractivity contribution is 5.81. The molecule has 4 aromatic rings. The topological polar surface area (TPSA) is 66.8 Å². The van der Waals surface area contributed by atoms with Gasteiger partial charge in [-0.05, 0) is 71.0 Å². The molecular formula is C33H33NO4. The van der Waals surface area contributed by atoms with Crippen LogP contribution in [-0.4, -0.2) is 18.3 Å². The maximum atomic E-state index is 12.0. The molecule has 4 aromatic carbocycles. The Balaban J connectivity index is 1.40. The number of ether oxygens (including phenoxy) is 1. The van der Waals surface area contributed by atoms with Gasteiger partial charge in [-0.15, -0.1) is 0 Å². The predicted octanol–water partition coefficient (Wildman–Crippen LogP) is 6.66. The van der Waals surface area contributed by atoms with E-state index in [1.807, 2.05) is 24.1 Å². The second kappa shape index (κ2) is 9.64. The molecule has 0 radical (unpaired) electrons. The summed E-state index contributed by atoms with van der Waals surface area (Å²) in [5.74, 6) is 0.453. The zero-order chi connectivity index (χ0) is 27.2. The van der Waals surface area contributed by atoms with Crippen molar-refractivity contribution in [3.05, 3.63) is 104 Å². The average molecular weight is 508 g/mol. The van der Waals surface area contributed by atoms with Crippen LogP contribution in [0.15, 0.2) is 82.0 Å². The fourth-order valence-corrected chi connectivity index (χ4v) is 5.37. The summed E-state index contributed by atoms with van der Waals surface area (Å²) in [5, 5.41) is 9.89. The largest absolute Gasteiger partial charge is 0.504 e. The molecule has 1 N–H and O–H groups in total. The summed E-state index contributed by atoms with van der Waals surface area (Å²) < 4.78 is 6.04. The minimum absolute atomic E-state index is 0.0867. The van der Waals surface area contributed by atoms with Gasteiger partial charge in [0.1, 0.15) is 5.75 Å². The van der Waals surface area contributed by atoms with E-state index in [2.05, 4.69) is 82.3 Å². The van der Waals surface area contributed by atoms with E-state index in [9.17, 15) is 14.7 Å². The molecule has 5 rings (SSSR count). The Morgan fingerprint density at radius 1 is 0.842 bits per heavy atom. The summed E-state index contributed by atoms with van der Waals surface area (Å²) in [6.45, 7) is 8.47. The zero-order valence-corrected chi connectivity index (χ0v) is 22.5. The zero-order valence-electron chi connectivity index (χ0n) is 22.5. The maximum Gasteiger partial charge on any atom is 0.268 e. The summed E-state index contributed by atoms with van der Waals surface area (Å²) in [5.41, 5.74) is 5.74. The molecule has 0 saturated carbocycles. The number of nitrogens with zero attached hydrogens (tertiary/aromatic N) is 1. The Labute approximate surface area is 223 Å². The van der Waals surface area contributed by atoms with Crippen molar-refractivity contribution in [1.29, 1.82) is 0 Å². The average Bonchev–Trinajstić information content (AvgIpc) is 3.14. The highest BCUT2D eigenvalue weighted by Gasteiger charge is 2.39. The van der Waals surface area contributed by atoms with Crippen molar-refractivity contribution < 1.29 is 9.84 Å². The number of hydrogen-bond acceptors (Lipinski definition) is 5. The van der Waals surface area contributed by atoms with Crippen LogP contribution in [0.4, 0.5) is 5.69 Å². The van der Waals surface area contributed by atoms with Crippen molar-refractivity contribution >= 4 is 11.8 Å². The fourth-order valence-electron chi connectivity index (χ4n) is 5.37. The number of fused-ring (bicyclic) bond motifs is 1. The lowest BCUT2D eigenvalue weighted by atomic mass is 9.82. The first-order valence-electron chi connectivity index (χ1n) is 13.2. The SMILES string of the molecule is CCC(CC)Oc1ccc(-c2ccc(-c3ccc4c(c3)C(C)(C)C(=Cc3c(O)c(=O)c3=O)N4C)cc2)cc1. The van der Waals surface area contributed by atoms with E-state index in [1.54, 1.807) is 6.08 Å². The Hall–Kier alpha value is -4.12. The molecule has 0 fully saturated rings. The molecule has 0 atom stereocenters. The molecule has 38 heavy (non-hydrogen) atoms. The summed E-state index contributed by atoms with van der Waals surface area (Å²) >= 11 is 0. The van der Waals surface area contributed by atoms with Crippen LogP contribution in [0.1, 0.15) is 51.7 Å². The van der Waals surface area contributed by atoms with Crippen molar-refractivity contribution in [3.63, 3.8) is 0 Å². The first-order chi connectivity index (χ1) is 18.1. The van der Waals surface area contributed by atoms with E-state index in [0.717, 1.165) is 57.8 Å². The summed E-state index contributed by atoms with van der Waals surface area (Å²) in [6.07, 6.45) is 3.89. The van der Waals surface area contributed by atoms with Gasteiger partial charge in [-0.25, -0.2) is 0 Å². The molecule has 194 valence electrons. The number of aromatic hydroxyl groups is 1. The molecule has 1 aliphatic rings. The monoisotopic (exact) mass is 507 g/mol. The second-order valence-electron chi connectivity index (χ2n) is 10.5. The minimum atomic E-state index is -0.815. The molecule has 5 heteroatoms. The van der Waals surface area contributed by atoms with Crippen LogP contribution in [0.3, 0.4) is 0 Å². The van der Waals surface area contributed by atoms with Crippen molar-refractivity contribution in [1.82, 2.24) is 0 Å². The lowest BCUT2D eigenvalue weighted by Crippen LogP contribution is -2.33. The van der Waals surface area contributed by atoms with E-state index >= 15 is 0 Å². The van der Waals surface area contributed by atoms with Gasteiger partial charge in [-0.1, -0.05) is 70.2 Å². The molecule has 0 aliphatic carbocycles. The number of hydrogen-bond donors (Lipinski definition) is 1. The van der Waals surface area contributed by atoms with E-state index in [1.165, 1.54) is 0 Å². The van der Waals surface area contributed by atoms with Crippen LogP contribution in [0.5, 0.6) is 11.5 Å². The van der Waals surface area contributed by atoms with Gasteiger partial charge in [0.15, 0.2) is 5.75 Å². The molecule has 0 spiro atoms. The van der Waals surface area contributed by atoms with Crippen LogP contribution in [-0.2, 0) is 5.41 Å². The van der Waals surface area contributed by atoms with Crippen molar-refractivity contribution in [2.24, 2.45) is 0 Å². The third kappa shape index (κ3) is 4.22. The van der Waals surface area contributed by atoms with Gasteiger partial charge in [-0.2, -0.15) is 0 Å². The van der Waals surface area contributed by atoms with E-state index in [-0.39, 0.29) is 11.7 Å². The van der Waals surface area contributed by atoms with Gasteiger partial charge in [0, 0.05) is 23.8 Å². The molecule has 0 unspecified atom stereocenters. The van der Waals surface area contributed by atoms with Crippen molar-refractivity contribution in [3.8, 4) is 33.8 Å². The standard InChI is InChI=1S/C33H33NO4/c1-6-24(7-2)38-25-15-12-21(13-16-25)20-8-10-22(11-9-20)23-14-17-28-27(18-23)33(3,4)29(34(28)5)19-26-30(35)32(37)31(26)36/h8-19,24,35H,6-7H2,1-5H3. The van der Waals surface area contributed by atoms with E-state index < -0.39 is 22.0 Å². The van der Waals surface area contributed by atoms with Crippen molar-refractivity contribution in [2.45, 2.75) is 52.1 Å². The molecule has 0 aromatic heterocycles. The quantitative estimate of drug-likeness (QED) is 0.283. The normalized spacial score (nSPS) is 15.4. The fraction of sp³-hybridized carbons (Fsp3) is 0.273. The Kier molecular flexibility index (Phi) is 6.47. The third-order valence-corrected chi connectivity index (χ3v) is 7.85. The van der Waals surface area contributed by atoms with Gasteiger partial charge >= 0.3 is 0 Å². The highest BCUT2D eigenvalue weighted by Crippen LogP contribution is 2.49. The smallest absolute Gasteiger partial charge is 0.268 e. The van der Waals surface area contributed by atoms with Crippen LogP contribution in [0, 0.1) is 0 Å². The van der Waals surface area contributed by atoms with E-state index in [4.69, 9.17) is 4.74 Å². The third-order valence-electron chi connectivity index (χ3n) is 7.85. The van der Waals surface area contributed by atoms with Gasteiger partial charge in [-0.3, -0.25) is 9.59 Å².